The first kappa shape index (κ1) is 14.6. The number of carbonyl (C=O) groups is 1. The molecule has 0 fully saturated rings. The summed E-state index contributed by atoms with van der Waals surface area (Å²) in [5.41, 5.74) is -0.957. The summed E-state index contributed by atoms with van der Waals surface area (Å²) in [7, 11) is 0. The molecule has 1 atom stereocenters. The van der Waals surface area contributed by atoms with E-state index in [1.165, 1.54) is 0 Å². The van der Waals surface area contributed by atoms with Gasteiger partial charge in [-0.2, -0.15) is 4.98 Å². The second kappa shape index (κ2) is 5.95. The van der Waals surface area contributed by atoms with Gasteiger partial charge in [-0.3, -0.25) is 10.1 Å². The highest BCUT2D eigenvalue weighted by molar-refractivity contribution is 5.78. The van der Waals surface area contributed by atoms with Crippen molar-refractivity contribution in [1.29, 1.82) is 0 Å². The van der Waals surface area contributed by atoms with E-state index >= 15 is 0 Å². The van der Waals surface area contributed by atoms with E-state index in [9.17, 15) is 9.90 Å². The fraction of sp³-hybridized carbons (Fsp3) is 0.750. The van der Waals surface area contributed by atoms with Gasteiger partial charge in [0.2, 0.25) is 5.89 Å². The zero-order chi connectivity index (χ0) is 13.8. The molecule has 0 saturated carbocycles. The van der Waals surface area contributed by atoms with E-state index in [1.54, 1.807) is 6.92 Å². The van der Waals surface area contributed by atoms with Crippen LogP contribution in [0.5, 0.6) is 0 Å². The lowest BCUT2D eigenvalue weighted by Gasteiger charge is -2.24. The maximum absolute atomic E-state index is 11.2. The third-order valence-electron chi connectivity index (χ3n) is 2.85. The van der Waals surface area contributed by atoms with Crippen molar-refractivity contribution in [3.8, 4) is 0 Å². The van der Waals surface area contributed by atoms with Gasteiger partial charge in [0.15, 0.2) is 5.82 Å². The standard InChI is InChI=1S/C12H21N3O3/c1-5-6-12(4,11(16)17)13-7-9-14-10(8(2)3)15-18-9/h8,13H,5-7H2,1-4H3,(H,16,17). The number of rotatable bonds is 7. The third kappa shape index (κ3) is 3.53. The summed E-state index contributed by atoms with van der Waals surface area (Å²) in [5, 5.41) is 16.0. The van der Waals surface area contributed by atoms with Gasteiger partial charge < -0.3 is 9.63 Å². The summed E-state index contributed by atoms with van der Waals surface area (Å²) in [6.45, 7) is 7.83. The summed E-state index contributed by atoms with van der Waals surface area (Å²) in [5.74, 6) is 0.388. The normalized spacial score (nSPS) is 14.7. The lowest BCUT2D eigenvalue weighted by molar-refractivity contribution is -0.144. The van der Waals surface area contributed by atoms with Crippen molar-refractivity contribution in [3.05, 3.63) is 11.7 Å². The molecule has 0 aliphatic heterocycles. The number of hydrogen-bond acceptors (Lipinski definition) is 5. The van der Waals surface area contributed by atoms with E-state index < -0.39 is 11.5 Å². The number of carboxylic acid groups (broad SMARTS) is 1. The van der Waals surface area contributed by atoms with Crippen LogP contribution in [-0.2, 0) is 11.3 Å². The minimum atomic E-state index is -0.957. The molecule has 1 aromatic rings. The maximum atomic E-state index is 11.2. The first-order valence-corrected chi connectivity index (χ1v) is 6.20. The van der Waals surface area contributed by atoms with Crippen LogP contribution in [0.3, 0.4) is 0 Å². The zero-order valence-corrected chi connectivity index (χ0v) is 11.4. The first-order chi connectivity index (χ1) is 8.39. The van der Waals surface area contributed by atoms with E-state index in [1.807, 2.05) is 20.8 Å². The molecular weight excluding hydrogens is 234 g/mol. The summed E-state index contributed by atoms with van der Waals surface area (Å²) in [4.78, 5) is 15.4. The van der Waals surface area contributed by atoms with Gasteiger partial charge >= 0.3 is 5.97 Å². The Morgan fingerprint density at radius 1 is 1.56 bits per heavy atom. The van der Waals surface area contributed by atoms with Crippen molar-refractivity contribution < 1.29 is 14.4 Å². The molecule has 0 aromatic carbocycles. The Morgan fingerprint density at radius 2 is 2.22 bits per heavy atom. The van der Waals surface area contributed by atoms with Crippen molar-refractivity contribution in [1.82, 2.24) is 15.5 Å². The highest BCUT2D eigenvalue weighted by Gasteiger charge is 2.31. The van der Waals surface area contributed by atoms with Gasteiger partial charge in [-0.1, -0.05) is 32.3 Å². The molecule has 1 unspecified atom stereocenters. The molecular formula is C12H21N3O3. The Labute approximate surface area is 107 Å². The van der Waals surface area contributed by atoms with Gasteiger partial charge in [0.05, 0.1) is 6.54 Å². The largest absolute Gasteiger partial charge is 0.480 e. The third-order valence-corrected chi connectivity index (χ3v) is 2.85. The van der Waals surface area contributed by atoms with Crippen molar-refractivity contribution in [2.75, 3.05) is 0 Å². The molecule has 102 valence electrons. The Balaban J connectivity index is 2.64. The van der Waals surface area contributed by atoms with Crippen LogP contribution in [0.1, 0.15) is 58.2 Å². The quantitative estimate of drug-likeness (QED) is 0.774. The molecule has 0 aliphatic carbocycles. The smallest absolute Gasteiger partial charge is 0.323 e. The highest BCUT2D eigenvalue weighted by atomic mass is 16.5. The van der Waals surface area contributed by atoms with E-state index in [2.05, 4.69) is 15.5 Å². The van der Waals surface area contributed by atoms with Gasteiger partial charge in [0, 0.05) is 5.92 Å². The average molecular weight is 255 g/mol. The number of nitrogens with one attached hydrogen (secondary N) is 1. The zero-order valence-electron chi connectivity index (χ0n) is 11.4. The van der Waals surface area contributed by atoms with Crippen molar-refractivity contribution in [2.24, 2.45) is 0 Å². The molecule has 6 heteroatoms. The van der Waals surface area contributed by atoms with Crippen LogP contribution in [0, 0.1) is 0 Å². The van der Waals surface area contributed by atoms with Crippen LogP contribution in [0.2, 0.25) is 0 Å². The lowest BCUT2D eigenvalue weighted by atomic mass is 9.96. The molecule has 0 radical (unpaired) electrons. The number of nitrogens with zero attached hydrogens (tertiary/aromatic N) is 2. The highest BCUT2D eigenvalue weighted by Crippen LogP contribution is 2.14. The Hall–Kier alpha value is -1.43. The summed E-state index contributed by atoms with van der Waals surface area (Å²) in [6, 6.07) is 0. The summed E-state index contributed by atoms with van der Waals surface area (Å²) >= 11 is 0. The van der Waals surface area contributed by atoms with Gasteiger partial charge in [0.25, 0.3) is 0 Å². The number of aromatic nitrogens is 2. The lowest BCUT2D eigenvalue weighted by Crippen LogP contribution is -2.49. The molecule has 2 N–H and O–H groups in total. The fourth-order valence-corrected chi connectivity index (χ4v) is 1.62. The number of aliphatic carboxylic acids is 1. The molecule has 1 heterocycles. The molecule has 0 aliphatic rings. The van der Waals surface area contributed by atoms with Gasteiger partial charge in [-0.25, -0.2) is 0 Å². The molecule has 0 bridgehead atoms. The first-order valence-electron chi connectivity index (χ1n) is 6.20. The Bertz CT molecular complexity index is 403. The second-order valence-electron chi connectivity index (χ2n) is 4.94. The molecule has 18 heavy (non-hydrogen) atoms. The second-order valence-corrected chi connectivity index (χ2v) is 4.94. The van der Waals surface area contributed by atoms with E-state index in [0.29, 0.717) is 18.1 Å². The number of carboxylic acids is 1. The minimum absolute atomic E-state index is 0.198. The molecule has 1 rings (SSSR count). The summed E-state index contributed by atoms with van der Waals surface area (Å²) < 4.78 is 5.06. The molecule has 0 saturated heterocycles. The monoisotopic (exact) mass is 255 g/mol. The predicted octanol–water partition coefficient (Wildman–Crippen LogP) is 1.93. The van der Waals surface area contributed by atoms with Crippen LogP contribution < -0.4 is 5.32 Å². The van der Waals surface area contributed by atoms with E-state index in [-0.39, 0.29) is 12.5 Å². The average Bonchev–Trinajstić information content (AvgIpc) is 2.75. The molecule has 0 amide bonds. The predicted molar refractivity (Wildman–Crippen MR) is 66.2 cm³/mol. The van der Waals surface area contributed by atoms with Crippen molar-refractivity contribution >= 4 is 5.97 Å². The molecule has 1 aromatic heterocycles. The summed E-state index contributed by atoms with van der Waals surface area (Å²) in [6.07, 6.45) is 1.34. The van der Waals surface area contributed by atoms with Crippen LogP contribution in [0.25, 0.3) is 0 Å². The van der Waals surface area contributed by atoms with Crippen LogP contribution in [0.4, 0.5) is 0 Å². The van der Waals surface area contributed by atoms with Crippen LogP contribution in [0.15, 0.2) is 4.52 Å². The SMILES string of the molecule is CCCC(C)(NCc1nc(C(C)C)no1)C(=O)O. The Morgan fingerprint density at radius 3 is 2.67 bits per heavy atom. The van der Waals surface area contributed by atoms with Crippen LogP contribution >= 0.6 is 0 Å². The topological polar surface area (TPSA) is 88.3 Å². The van der Waals surface area contributed by atoms with Crippen molar-refractivity contribution in [3.63, 3.8) is 0 Å². The van der Waals surface area contributed by atoms with Crippen LogP contribution in [-0.4, -0.2) is 26.8 Å². The maximum Gasteiger partial charge on any atom is 0.323 e. The van der Waals surface area contributed by atoms with Gasteiger partial charge in [-0.15, -0.1) is 0 Å². The molecule has 6 nitrogen and oxygen atoms in total. The fourth-order valence-electron chi connectivity index (χ4n) is 1.62. The number of hydrogen-bond donors (Lipinski definition) is 2. The minimum Gasteiger partial charge on any atom is -0.480 e. The molecule has 0 spiro atoms. The van der Waals surface area contributed by atoms with Crippen molar-refractivity contribution in [2.45, 2.75) is 58.5 Å². The van der Waals surface area contributed by atoms with Gasteiger partial charge in [0.1, 0.15) is 5.54 Å². The Kier molecular flexibility index (Phi) is 4.84. The van der Waals surface area contributed by atoms with E-state index in [0.717, 1.165) is 6.42 Å². The van der Waals surface area contributed by atoms with Gasteiger partial charge in [-0.05, 0) is 13.3 Å². The van der Waals surface area contributed by atoms with E-state index in [4.69, 9.17) is 4.52 Å².